The third-order valence-electron chi connectivity index (χ3n) is 0.556. The quantitative estimate of drug-likeness (QED) is 0.401. The third-order valence-corrected chi connectivity index (χ3v) is 0.556. The average molecular weight is 159 g/mol. The summed E-state index contributed by atoms with van der Waals surface area (Å²) in [7, 11) is 4.26. The van der Waals surface area contributed by atoms with E-state index < -0.39 is 0 Å². The molecule has 43 valence electrons. The fraction of sp³-hybridized carbons (Fsp3) is 0. The van der Waals surface area contributed by atoms with Gasteiger partial charge in [0.15, 0.2) is 0 Å². The fourth-order valence-electron chi connectivity index (χ4n) is 0.321. The summed E-state index contributed by atoms with van der Waals surface area (Å²) in [5.74, 6) is 0. The molecular formula is C5H5ClNi-. The molecule has 2 heteroatoms. The third kappa shape index (κ3) is 3.98. The Hall–Kier alpha value is 0.134. The minimum absolute atomic E-state index is 2.00. The molecule has 0 amide bonds. The Kier molecular flexibility index (Phi) is 6.25. The normalized spacial score (nSPS) is 6.71. The monoisotopic (exact) mass is 158 g/mol. The van der Waals surface area contributed by atoms with Crippen molar-refractivity contribution in [2.45, 2.75) is 0 Å². The van der Waals surface area contributed by atoms with E-state index in [0.717, 1.165) is 0 Å². The molecule has 0 saturated carbocycles. The van der Waals surface area contributed by atoms with Gasteiger partial charge in [0.1, 0.15) is 0 Å². The van der Waals surface area contributed by atoms with Crippen molar-refractivity contribution >= 4 is 10.2 Å². The van der Waals surface area contributed by atoms with Gasteiger partial charge in [-0.25, -0.2) is 12.1 Å². The second-order valence-electron chi connectivity index (χ2n) is 0.962. The van der Waals surface area contributed by atoms with Crippen LogP contribution in [0, 0.1) is 0 Å². The van der Waals surface area contributed by atoms with Gasteiger partial charge in [-0.2, -0.15) is 18.2 Å². The predicted octanol–water partition coefficient (Wildman–Crippen LogP) is 2.09. The van der Waals surface area contributed by atoms with Crippen molar-refractivity contribution in [3.05, 3.63) is 30.3 Å². The Balaban J connectivity index is 0.000000162. The summed E-state index contributed by atoms with van der Waals surface area (Å²) in [5, 5.41) is 0. The molecule has 0 spiro atoms. The number of hydrogen-bond acceptors (Lipinski definition) is 0. The first-order chi connectivity index (χ1) is 3.50. The van der Waals surface area contributed by atoms with Crippen LogP contribution in [0.15, 0.2) is 30.3 Å². The first-order valence-corrected chi connectivity index (χ1v) is 3.15. The summed E-state index contributed by atoms with van der Waals surface area (Å²) in [5.41, 5.74) is 0. The van der Waals surface area contributed by atoms with E-state index in [9.17, 15) is 0 Å². The molecule has 0 aromatic heterocycles. The standard InChI is InChI=1S/C5H5.ClH.Ni/c1-2-4-5-3-1;;/h1-5H;1H;/q-1;;+1/p-1. The van der Waals surface area contributed by atoms with Gasteiger partial charge >= 0.3 is 24.8 Å². The Morgan fingerprint density at radius 3 is 1.71 bits per heavy atom. The van der Waals surface area contributed by atoms with Crippen LogP contribution >= 0.6 is 10.2 Å². The second kappa shape index (κ2) is 6.13. The molecule has 0 nitrogen and oxygen atoms in total. The van der Waals surface area contributed by atoms with E-state index in [2.05, 4.69) is 24.8 Å². The zero-order chi connectivity index (χ0) is 5.54. The Bertz CT molecular complexity index is 64.6. The molecule has 0 aliphatic rings. The van der Waals surface area contributed by atoms with Crippen LogP contribution in [-0.2, 0) is 14.6 Å². The number of rotatable bonds is 0. The minimum Gasteiger partial charge on any atom is -0.214 e. The van der Waals surface area contributed by atoms with Gasteiger partial charge in [-0.15, -0.1) is 0 Å². The van der Waals surface area contributed by atoms with Gasteiger partial charge < -0.3 is 0 Å². The maximum atomic E-state index is 4.26. The van der Waals surface area contributed by atoms with Gasteiger partial charge in [0.05, 0.1) is 0 Å². The van der Waals surface area contributed by atoms with Crippen molar-refractivity contribution in [1.29, 1.82) is 0 Å². The van der Waals surface area contributed by atoms with E-state index >= 15 is 0 Å². The fourth-order valence-corrected chi connectivity index (χ4v) is 0.321. The van der Waals surface area contributed by atoms with Crippen LogP contribution in [0.25, 0.3) is 0 Å². The van der Waals surface area contributed by atoms with Crippen LogP contribution in [-0.4, -0.2) is 0 Å². The summed E-state index contributed by atoms with van der Waals surface area (Å²) in [6.45, 7) is 0. The Morgan fingerprint density at radius 1 is 1.14 bits per heavy atom. The molecule has 0 heterocycles. The van der Waals surface area contributed by atoms with Gasteiger partial charge in [-0.05, 0) is 0 Å². The maximum Gasteiger partial charge on any atom is -0.172 e. The molecule has 0 aliphatic carbocycles. The van der Waals surface area contributed by atoms with Crippen molar-refractivity contribution in [1.82, 2.24) is 0 Å². The summed E-state index contributed by atoms with van der Waals surface area (Å²) in [6.07, 6.45) is 0. The first kappa shape index (κ1) is 7.13. The van der Waals surface area contributed by atoms with Crippen molar-refractivity contribution < 1.29 is 14.6 Å². The van der Waals surface area contributed by atoms with Crippen LogP contribution < -0.4 is 0 Å². The molecule has 0 saturated heterocycles. The number of halogens is 1. The van der Waals surface area contributed by atoms with E-state index in [-0.39, 0.29) is 0 Å². The van der Waals surface area contributed by atoms with Crippen LogP contribution in [0.4, 0.5) is 0 Å². The summed E-state index contributed by atoms with van der Waals surface area (Å²) in [6, 6.07) is 10.0. The maximum absolute atomic E-state index is 4.26. The predicted molar refractivity (Wildman–Crippen MR) is 27.9 cm³/mol. The van der Waals surface area contributed by atoms with Crippen LogP contribution in [0.1, 0.15) is 0 Å². The average Bonchev–Trinajstić information content (AvgIpc) is 2.23. The van der Waals surface area contributed by atoms with Gasteiger partial charge in [-0.1, -0.05) is 0 Å². The zero-order valence-corrected chi connectivity index (χ0v) is 5.32. The molecule has 7 heavy (non-hydrogen) atoms. The molecule has 0 radical (unpaired) electrons. The van der Waals surface area contributed by atoms with Crippen LogP contribution in [0.3, 0.4) is 0 Å². The van der Waals surface area contributed by atoms with Gasteiger partial charge in [-0.3, -0.25) is 0 Å². The molecule has 0 N–H and O–H groups in total. The van der Waals surface area contributed by atoms with Gasteiger partial charge in [0.25, 0.3) is 0 Å². The van der Waals surface area contributed by atoms with E-state index in [0.29, 0.717) is 0 Å². The number of hydrogen-bond donors (Lipinski definition) is 0. The SMILES string of the molecule is [Cl][Ni].c1cc[cH-]c1. The molecule has 0 fully saturated rings. The molecule has 0 atom stereocenters. The molecule has 1 rings (SSSR count). The summed E-state index contributed by atoms with van der Waals surface area (Å²) in [4.78, 5) is 0. The van der Waals surface area contributed by atoms with Gasteiger partial charge in [0, 0.05) is 0 Å². The second-order valence-corrected chi connectivity index (χ2v) is 0.962. The first-order valence-electron chi connectivity index (χ1n) is 1.79. The van der Waals surface area contributed by atoms with Crippen molar-refractivity contribution in [2.24, 2.45) is 0 Å². The van der Waals surface area contributed by atoms with E-state index in [1.807, 2.05) is 30.3 Å². The van der Waals surface area contributed by atoms with Crippen molar-refractivity contribution in [3.8, 4) is 0 Å². The Labute approximate surface area is 55.5 Å². The van der Waals surface area contributed by atoms with E-state index in [1.54, 1.807) is 0 Å². The molecule has 1 aromatic rings. The molecule has 0 aliphatic heterocycles. The molecule has 0 unspecified atom stereocenters. The zero-order valence-electron chi connectivity index (χ0n) is 3.58. The summed E-state index contributed by atoms with van der Waals surface area (Å²) >= 11 is 3.35. The summed E-state index contributed by atoms with van der Waals surface area (Å²) < 4.78 is 0. The molecular weight excluding hydrogens is 154 g/mol. The largest absolute Gasteiger partial charge is 0.214 e. The van der Waals surface area contributed by atoms with E-state index in [1.165, 1.54) is 0 Å². The van der Waals surface area contributed by atoms with Crippen LogP contribution in [0.2, 0.25) is 0 Å². The van der Waals surface area contributed by atoms with Crippen LogP contribution in [0.5, 0.6) is 0 Å². The smallest absolute Gasteiger partial charge is 0.172 e. The van der Waals surface area contributed by atoms with E-state index in [4.69, 9.17) is 0 Å². The van der Waals surface area contributed by atoms with Crippen molar-refractivity contribution in [3.63, 3.8) is 0 Å². The molecule has 0 bridgehead atoms. The van der Waals surface area contributed by atoms with Crippen molar-refractivity contribution in [2.75, 3.05) is 0 Å². The molecule has 1 aromatic carbocycles. The topological polar surface area (TPSA) is 0 Å². The Morgan fingerprint density at radius 2 is 1.57 bits per heavy atom. The minimum atomic E-state index is 2.00. The van der Waals surface area contributed by atoms with Gasteiger partial charge in [0.2, 0.25) is 0 Å².